The van der Waals surface area contributed by atoms with Gasteiger partial charge in [-0.1, -0.05) is 84.0 Å². The molecule has 1 fully saturated rings. The molecule has 1 unspecified atom stereocenters. The molecule has 156 valence electrons. The maximum atomic E-state index is 5.68. The van der Waals surface area contributed by atoms with Gasteiger partial charge in [-0.25, -0.2) is 0 Å². The summed E-state index contributed by atoms with van der Waals surface area (Å²) in [5, 5.41) is 3.05. The van der Waals surface area contributed by atoms with E-state index < -0.39 is 8.60 Å². The van der Waals surface area contributed by atoms with Crippen LogP contribution in [0.1, 0.15) is 90.4 Å². The fraction of sp³-hybridized carbons (Fsp3) is 1.00. The highest BCUT2D eigenvalue weighted by Gasteiger charge is 2.20. The molecule has 0 aromatic rings. The second kappa shape index (κ2) is 17.4. The van der Waals surface area contributed by atoms with Gasteiger partial charge in [0, 0.05) is 13.7 Å². The quantitative estimate of drug-likeness (QED) is 0.229. The first kappa shape index (κ1) is 24.3. The fourth-order valence-corrected chi connectivity index (χ4v) is 4.69. The van der Waals surface area contributed by atoms with E-state index in [2.05, 4.69) is 12.2 Å². The van der Waals surface area contributed by atoms with Crippen molar-refractivity contribution in [2.24, 2.45) is 11.8 Å². The van der Waals surface area contributed by atoms with Crippen molar-refractivity contribution in [2.75, 3.05) is 33.9 Å². The van der Waals surface area contributed by atoms with Gasteiger partial charge >= 0.3 is 8.60 Å². The molecule has 0 heterocycles. The Morgan fingerprint density at radius 3 is 1.96 bits per heavy atom. The Balaban J connectivity index is 1.90. The molecule has 0 radical (unpaired) electrons. The largest absolute Gasteiger partial charge is 0.332 e. The van der Waals surface area contributed by atoms with Crippen LogP contribution in [-0.4, -0.2) is 33.9 Å². The molecule has 0 aromatic heterocycles. The van der Waals surface area contributed by atoms with Gasteiger partial charge in [-0.15, -0.1) is 0 Å². The van der Waals surface area contributed by atoms with Crippen LogP contribution in [0.4, 0.5) is 0 Å². The molecule has 1 atom stereocenters. The molecule has 0 bridgehead atoms. The maximum absolute atomic E-state index is 5.68. The summed E-state index contributed by atoms with van der Waals surface area (Å²) in [5.74, 6) is 2.05. The Bertz CT molecular complexity index is 299. The van der Waals surface area contributed by atoms with Crippen LogP contribution < -0.4 is 5.32 Å². The van der Waals surface area contributed by atoms with Gasteiger partial charge < -0.3 is 18.9 Å². The van der Waals surface area contributed by atoms with Crippen LogP contribution >= 0.6 is 8.60 Å². The average Bonchev–Trinajstić information content (AvgIpc) is 2.67. The molecule has 4 nitrogen and oxygen atoms in total. The Morgan fingerprint density at radius 2 is 1.38 bits per heavy atom. The highest BCUT2D eigenvalue weighted by Crippen LogP contribution is 2.38. The van der Waals surface area contributed by atoms with Crippen LogP contribution in [0.25, 0.3) is 0 Å². The predicted molar refractivity (Wildman–Crippen MR) is 112 cm³/mol. The lowest BCUT2D eigenvalue weighted by atomic mass is 9.78. The van der Waals surface area contributed by atoms with Crippen LogP contribution in [-0.2, 0) is 13.6 Å². The summed E-state index contributed by atoms with van der Waals surface area (Å²) in [6.45, 7) is 4.52. The van der Waals surface area contributed by atoms with E-state index in [0.717, 1.165) is 31.4 Å². The summed E-state index contributed by atoms with van der Waals surface area (Å²) >= 11 is 0. The Labute approximate surface area is 164 Å². The summed E-state index contributed by atoms with van der Waals surface area (Å²) in [7, 11) is 2.42. The van der Waals surface area contributed by atoms with Crippen molar-refractivity contribution in [1.29, 1.82) is 0 Å². The number of hydrogen-bond acceptors (Lipinski definition) is 4. The van der Waals surface area contributed by atoms with E-state index in [1.54, 1.807) is 7.11 Å². The molecule has 5 heteroatoms. The lowest BCUT2D eigenvalue weighted by Gasteiger charge is -2.28. The topological polar surface area (TPSA) is 39.7 Å². The van der Waals surface area contributed by atoms with Gasteiger partial charge in [-0.05, 0) is 25.3 Å². The fourth-order valence-electron chi connectivity index (χ4n) is 3.88. The van der Waals surface area contributed by atoms with E-state index in [9.17, 15) is 0 Å². The molecule has 0 aliphatic heterocycles. The Hall–Kier alpha value is 0.270. The van der Waals surface area contributed by atoms with E-state index >= 15 is 0 Å². The number of unbranched alkanes of at least 4 members (excludes halogenated alkanes) is 5. The zero-order chi connectivity index (χ0) is 18.9. The van der Waals surface area contributed by atoms with Gasteiger partial charge in [0.05, 0.1) is 13.2 Å². The lowest BCUT2D eigenvalue weighted by molar-refractivity contribution is 0.179. The van der Waals surface area contributed by atoms with Gasteiger partial charge in [0.25, 0.3) is 0 Å². The van der Waals surface area contributed by atoms with E-state index in [1.807, 2.05) is 7.05 Å². The molecule has 1 aliphatic carbocycles. The third-order valence-corrected chi connectivity index (χ3v) is 6.67. The minimum Gasteiger partial charge on any atom is -0.317 e. The third kappa shape index (κ3) is 12.6. The van der Waals surface area contributed by atoms with E-state index in [4.69, 9.17) is 13.6 Å². The summed E-state index contributed by atoms with van der Waals surface area (Å²) in [5.41, 5.74) is 0. The molecule has 0 amide bonds. The van der Waals surface area contributed by atoms with Crippen LogP contribution in [0.5, 0.6) is 0 Å². The molecule has 1 aliphatic rings. The zero-order valence-electron chi connectivity index (χ0n) is 17.6. The Morgan fingerprint density at radius 1 is 0.808 bits per heavy atom. The summed E-state index contributed by atoms with van der Waals surface area (Å²) in [6, 6.07) is 0. The molecule has 0 aromatic carbocycles. The molecule has 1 saturated carbocycles. The number of nitrogens with one attached hydrogen (secondary N) is 1. The summed E-state index contributed by atoms with van der Waals surface area (Å²) in [4.78, 5) is 0. The third-order valence-electron chi connectivity index (χ3n) is 5.58. The number of rotatable bonds is 17. The Kier molecular flexibility index (Phi) is 16.2. The van der Waals surface area contributed by atoms with Gasteiger partial charge in [-0.2, -0.15) is 0 Å². The van der Waals surface area contributed by atoms with Crippen molar-refractivity contribution in [1.82, 2.24) is 5.32 Å². The number of hydrogen-bond donors (Lipinski definition) is 1. The zero-order valence-corrected chi connectivity index (χ0v) is 18.5. The van der Waals surface area contributed by atoms with Crippen LogP contribution in [0.15, 0.2) is 0 Å². The second-order valence-electron chi connectivity index (χ2n) is 7.76. The van der Waals surface area contributed by atoms with Crippen molar-refractivity contribution in [3.8, 4) is 0 Å². The van der Waals surface area contributed by atoms with Crippen molar-refractivity contribution >= 4 is 8.60 Å². The molecule has 26 heavy (non-hydrogen) atoms. The van der Waals surface area contributed by atoms with Crippen molar-refractivity contribution in [3.63, 3.8) is 0 Å². The van der Waals surface area contributed by atoms with Crippen molar-refractivity contribution < 1.29 is 13.6 Å². The van der Waals surface area contributed by atoms with Crippen LogP contribution in [0.3, 0.4) is 0 Å². The van der Waals surface area contributed by atoms with Crippen LogP contribution in [0.2, 0.25) is 0 Å². The molecule has 0 spiro atoms. The minimum absolute atomic E-state index is 0.636. The van der Waals surface area contributed by atoms with Gasteiger partial charge in [0.1, 0.15) is 0 Å². The summed E-state index contributed by atoms with van der Waals surface area (Å²) in [6.07, 6.45) is 18.3. The predicted octanol–water partition coefficient (Wildman–Crippen LogP) is 6.45. The standard InChI is InChI=1S/C21H44NO3P/c1-4-5-8-11-20-13-15-21(16-14-20)12-9-6-7-10-18-24-26(23-3)25-19-17-22-2/h20-22H,4-19H2,1-3H3. The monoisotopic (exact) mass is 389 g/mol. The maximum Gasteiger partial charge on any atom is 0.332 e. The first-order valence-corrected chi connectivity index (χ1v) is 12.1. The molecular weight excluding hydrogens is 345 g/mol. The average molecular weight is 390 g/mol. The first-order chi connectivity index (χ1) is 12.8. The first-order valence-electron chi connectivity index (χ1n) is 11.0. The van der Waals surface area contributed by atoms with E-state index in [0.29, 0.717) is 6.61 Å². The molecule has 0 saturated heterocycles. The van der Waals surface area contributed by atoms with Gasteiger partial charge in [0.2, 0.25) is 0 Å². The molecule has 1 N–H and O–H groups in total. The summed E-state index contributed by atoms with van der Waals surface area (Å²) < 4.78 is 16.5. The van der Waals surface area contributed by atoms with Crippen LogP contribution in [0, 0.1) is 11.8 Å². The second-order valence-corrected chi connectivity index (χ2v) is 9.09. The van der Waals surface area contributed by atoms with E-state index in [-0.39, 0.29) is 0 Å². The van der Waals surface area contributed by atoms with Gasteiger partial charge in [0.15, 0.2) is 0 Å². The molecule has 1 rings (SSSR count). The van der Waals surface area contributed by atoms with E-state index in [1.165, 1.54) is 77.0 Å². The van der Waals surface area contributed by atoms with Gasteiger partial charge in [-0.3, -0.25) is 0 Å². The normalized spacial score (nSPS) is 21.8. The highest BCUT2D eigenvalue weighted by molar-refractivity contribution is 7.41. The SMILES string of the molecule is CCCCCC1CCC(CCCCCCOP(OC)OCCNC)CC1. The van der Waals surface area contributed by atoms with Crippen molar-refractivity contribution in [2.45, 2.75) is 90.4 Å². The lowest BCUT2D eigenvalue weighted by Crippen LogP contribution is -2.14. The highest BCUT2D eigenvalue weighted by atomic mass is 31.2. The van der Waals surface area contributed by atoms with Crippen molar-refractivity contribution in [3.05, 3.63) is 0 Å². The molecular formula is C21H44NO3P. The smallest absolute Gasteiger partial charge is 0.317 e. The minimum atomic E-state index is -1.16. The number of likely N-dealkylation sites (N-methyl/N-ethyl adjacent to an activating group) is 1.